The number of nitrogens with one attached hydrogen (secondary N) is 1. The van der Waals surface area contributed by atoms with Crippen molar-refractivity contribution in [2.75, 3.05) is 20.7 Å². The standard InChI is InChI=1S/C17H27N3O4S2/c1-13(14-8-10-15(11-9-14)26(18,22)23)20(2)17(25)19-12-6-4-5-7-16(21)24-3/h8-11,13H,4-7,12H2,1-3H3,(H,19,25)(H2,18,22,23)/t13-/m1/s1. The zero-order valence-corrected chi connectivity index (χ0v) is 17.0. The predicted octanol–water partition coefficient (Wildman–Crippen LogP) is 1.93. The van der Waals surface area contributed by atoms with Crippen molar-refractivity contribution in [3.63, 3.8) is 0 Å². The number of carbonyl (C=O) groups excluding carboxylic acids is 1. The van der Waals surface area contributed by atoms with E-state index in [9.17, 15) is 13.2 Å². The van der Waals surface area contributed by atoms with Crippen molar-refractivity contribution in [1.29, 1.82) is 0 Å². The van der Waals surface area contributed by atoms with E-state index in [-0.39, 0.29) is 16.9 Å². The fraction of sp³-hybridized carbons (Fsp3) is 0.529. The largest absolute Gasteiger partial charge is 0.469 e. The average Bonchev–Trinajstić information content (AvgIpc) is 2.62. The van der Waals surface area contributed by atoms with Crippen molar-refractivity contribution >= 4 is 33.3 Å². The quantitative estimate of drug-likeness (QED) is 0.370. The van der Waals surface area contributed by atoms with E-state index in [0.717, 1.165) is 31.4 Å². The summed E-state index contributed by atoms with van der Waals surface area (Å²) < 4.78 is 27.2. The van der Waals surface area contributed by atoms with Gasteiger partial charge in [0.1, 0.15) is 0 Å². The molecule has 0 amide bonds. The highest BCUT2D eigenvalue weighted by atomic mass is 32.2. The third-order valence-electron chi connectivity index (χ3n) is 4.15. The minimum absolute atomic E-state index is 0.0242. The van der Waals surface area contributed by atoms with Gasteiger partial charge in [0.25, 0.3) is 0 Å². The summed E-state index contributed by atoms with van der Waals surface area (Å²) in [6.45, 7) is 2.71. The Bertz CT molecular complexity index is 705. The maximum absolute atomic E-state index is 11.3. The molecule has 0 aromatic heterocycles. The minimum atomic E-state index is -3.69. The van der Waals surface area contributed by atoms with Gasteiger partial charge in [0, 0.05) is 20.0 Å². The molecule has 0 bridgehead atoms. The zero-order valence-electron chi connectivity index (χ0n) is 15.4. The molecule has 0 aliphatic carbocycles. The van der Waals surface area contributed by atoms with Crippen LogP contribution >= 0.6 is 12.2 Å². The number of rotatable bonds is 9. The lowest BCUT2D eigenvalue weighted by Crippen LogP contribution is -2.39. The van der Waals surface area contributed by atoms with Gasteiger partial charge in [-0.1, -0.05) is 18.6 Å². The molecule has 1 aromatic carbocycles. The van der Waals surface area contributed by atoms with Crippen molar-refractivity contribution < 1.29 is 17.9 Å². The fourth-order valence-electron chi connectivity index (χ4n) is 2.33. The van der Waals surface area contributed by atoms with Crippen LogP contribution in [0.4, 0.5) is 0 Å². The van der Waals surface area contributed by atoms with Crippen molar-refractivity contribution in [1.82, 2.24) is 10.2 Å². The van der Waals surface area contributed by atoms with Crippen LogP contribution < -0.4 is 10.5 Å². The van der Waals surface area contributed by atoms with E-state index in [4.69, 9.17) is 17.4 Å². The fourth-order valence-corrected chi connectivity index (χ4v) is 3.10. The van der Waals surface area contributed by atoms with E-state index < -0.39 is 10.0 Å². The Labute approximate surface area is 160 Å². The van der Waals surface area contributed by atoms with Crippen LogP contribution in [-0.4, -0.2) is 45.1 Å². The number of nitrogens with two attached hydrogens (primary N) is 1. The third kappa shape index (κ3) is 7.27. The first-order valence-electron chi connectivity index (χ1n) is 8.37. The lowest BCUT2D eigenvalue weighted by Gasteiger charge is -2.28. The number of thiocarbonyl (C=S) groups is 1. The summed E-state index contributed by atoms with van der Waals surface area (Å²) in [4.78, 5) is 13.0. The van der Waals surface area contributed by atoms with E-state index in [2.05, 4.69) is 10.1 Å². The Hall–Kier alpha value is -1.71. The molecular formula is C17H27N3O4S2. The summed E-state index contributed by atoms with van der Waals surface area (Å²) in [5.74, 6) is -0.185. The van der Waals surface area contributed by atoms with E-state index in [1.807, 2.05) is 18.9 Å². The molecule has 0 saturated carbocycles. The number of sulfonamides is 1. The minimum Gasteiger partial charge on any atom is -0.469 e. The summed E-state index contributed by atoms with van der Waals surface area (Å²) in [5, 5.41) is 8.92. The number of carbonyl (C=O) groups is 1. The number of nitrogens with zero attached hydrogens (tertiary/aromatic N) is 1. The normalized spacial score (nSPS) is 12.3. The van der Waals surface area contributed by atoms with Gasteiger partial charge in [0.2, 0.25) is 10.0 Å². The molecule has 1 atom stereocenters. The maximum Gasteiger partial charge on any atom is 0.305 e. The molecule has 0 spiro atoms. The lowest BCUT2D eigenvalue weighted by molar-refractivity contribution is -0.140. The molecule has 0 radical (unpaired) electrons. The molecular weight excluding hydrogens is 374 g/mol. The number of benzene rings is 1. The predicted molar refractivity (Wildman–Crippen MR) is 105 cm³/mol. The average molecular weight is 402 g/mol. The van der Waals surface area contributed by atoms with Crippen LogP contribution in [0.1, 0.15) is 44.2 Å². The molecule has 1 rings (SSSR count). The van der Waals surface area contributed by atoms with Crippen molar-refractivity contribution in [3.05, 3.63) is 29.8 Å². The molecule has 0 unspecified atom stereocenters. The summed E-state index contributed by atoms with van der Waals surface area (Å²) in [6.07, 6.45) is 3.05. The van der Waals surface area contributed by atoms with Gasteiger partial charge in [-0.2, -0.15) is 0 Å². The van der Waals surface area contributed by atoms with Crippen LogP contribution in [0.2, 0.25) is 0 Å². The Morgan fingerprint density at radius 2 is 1.88 bits per heavy atom. The molecule has 1 aromatic rings. The Morgan fingerprint density at radius 1 is 1.27 bits per heavy atom. The Kier molecular flexibility index (Phi) is 8.97. The molecule has 146 valence electrons. The molecule has 26 heavy (non-hydrogen) atoms. The first-order valence-corrected chi connectivity index (χ1v) is 10.3. The molecule has 0 aliphatic heterocycles. The van der Waals surface area contributed by atoms with Gasteiger partial charge in [-0.05, 0) is 49.7 Å². The van der Waals surface area contributed by atoms with Crippen LogP contribution in [0.5, 0.6) is 0 Å². The number of hydrogen-bond acceptors (Lipinski definition) is 5. The van der Waals surface area contributed by atoms with Gasteiger partial charge < -0.3 is 15.0 Å². The van der Waals surface area contributed by atoms with Gasteiger partial charge >= 0.3 is 5.97 Å². The van der Waals surface area contributed by atoms with E-state index in [1.165, 1.54) is 19.2 Å². The zero-order chi connectivity index (χ0) is 19.7. The van der Waals surface area contributed by atoms with Gasteiger partial charge in [0.15, 0.2) is 5.11 Å². The molecule has 0 saturated heterocycles. The van der Waals surface area contributed by atoms with Crippen LogP contribution in [0.15, 0.2) is 29.2 Å². The number of esters is 1. The SMILES string of the molecule is COC(=O)CCCCCNC(=S)N(C)[C@H](C)c1ccc(S(N)(=O)=O)cc1. The van der Waals surface area contributed by atoms with Gasteiger partial charge in [0.05, 0.1) is 18.0 Å². The number of unbranched alkanes of at least 4 members (excludes halogenated alkanes) is 2. The highest BCUT2D eigenvalue weighted by Crippen LogP contribution is 2.20. The van der Waals surface area contributed by atoms with Gasteiger partial charge in [-0.3, -0.25) is 4.79 Å². The Balaban J connectivity index is 2.43. The second kappa shape index (κ2) is 10.4. The highest BCUT2D eigenvalue weighted by molar-refractivity contribution is 7.89. The van der Waals surface area contributed by atoms with Crippen LogP contribution in [0.3, 0.4) is 0 Å². The second-order valence-corrected chi connectivity index (χ2v) is 7.97. The second-order valence-electron chi connectivity index (χ2n) is 6.02. The van der Waals surface area contributed by atoms with Gasteiger partial charge in [-0.15, -0.1) is 0 Å². The van der Waals surface area contributed by atoms with Gasteiger partial charge in [-0.25, -0.2) is 13.6 Å². The van der Waals surface area contributed by atoms with E-state index in [1.54, 1.807) is 12.1 Å². The molecule has 0 fully saturated rings. The summed E-state index contributed by atoms with van der Waals surface area (Å²) in [5.41, 5.74) is 0.933. The van der Waals surface area contributed by atoms with Crippen molar-refractivity contribution in [2.24, 2.45) is 5.14 Å². The highest BCUT2D eigenvalue weighted by Gasteiger charge is 2.15. The molecule has 3 N–H and O–H groups in total. The van der Waals surface area contributed by atoms with Crippen LogP contribution in [0, 0.1) is 0 Å². The van der Waals surface area contributed by atoms with Crippen molar-refractivity contribution in [3.8, 4) is 0 Å². The maximum atomic E-state index is 11.3. The smallest absolute Gasteiger partial charge is 0.305 e. The number of ether oxygens (including phenoxy) is 1. The number of primary sulfonamides is 1. The first-order chi connectivity index (χ1) is 12.2. The summed E-state index contributed by atoms with van der Waals surface area (Å²) in [7, 11) is -0.419. The van der Waals surface area contributed by atoms with E-state index >= 15 is 0 Å². The third-order valence-corrected chi connectivity index (χ3v) is 5.52. The molecule has 9 heteroatoms. The Morgan fingerprint density at radius 3 is 2.42 bits per heavy atom. The summed E-state index contributed by atoms with van der Waals surface area (Å²) >= 11 is 5.40. The first kappa shape index (κ1) is 22.3. The monoisotopic (exact) mass is 401 g/mol. The van der Waals surface area contributed by atoms with Crippen molar-refractivity contribution in [2.45, 2.75) is 43.5 Å². The molecule has 0 heterocycles. The molecule has 7 nitrogen and oxygen atoms in total. The van der Waals surface area contributed by atoms with E-state index in [0.29, 0.717) is 11.5 Å². The lowest BCUT2D eigenvalue weighted by atomic mass is 10.1. The summed E-state index contributed by atoms with van der Waals surface area (Å²) in [6, 6.07) is 6.43. The van der Waals surface area contributed by atoms with Crippen LogP contribution in [-0.2, 0) is 19.6 Å². The number of methoxy groups -OCH3 is 1. The molecule has 0 aliphatic rings. The number of hydrogen-bond donors (Lipinski definition) is 2. The topological polar surface area (TPSA) is 102 Å². The van der Waals surface area contributed by atoms with Crippen LogP contribution in [0.25, 0.3) is 0 Å².